The van der Waals surface area contributed by atoms with Gasteiger partial charge in [0, 0.05) is 20.2 Å². The van der Waals surface area contributed by atoms with Crippen LogP contribution in [0.2, 0.25) is 0 Å². The highest BCUT2D eigenvalue weighted by atomic mass is 32.1. The van der Waals surface area contributed by atoms with E-state index in [0.29, 0.717) is 10.9 Å². The summed E-state index contributed by atoms with van der Waals surface area (Å²) in [5.41, 5.74) is 0.627. The molecule has 1 heterocycles. The number of hydrogen-bond acceptors (Lipinski definition) is 3. The standard InChI is InChI=1S/C14H7NOS/c15-8-9-5-6-11-13(7-9)17-12-4-2-1-3-10(12)14(11)16/h1-7H. The zero-order chi connectivity index (χ0) is 11.8. The topological polar surface area (TPSA) is 40.9 Å². The average Bonchev–Trinajstić information content (AvgIpc) is 2.38. The maximum absolute atomic E-state index is 12.2. The summed E-state index contributed by atoms with van der Waals surface area (Å²) in [5.74, 6) is 0. The van der Waals surface area contributed by atoms with Crippen LogP contribution < -0.4 is 5.43 Å². The van der Waals surface area contributed by atoms with Crippen molar-refractivity contribution in [2.75, 3.05) is 0 Å². The van der Waals surface area contributed by atoms with Gasteiger partial charge in [0.2, 0.25) is 0 Å². The predicted molar refractivity (Wildman–Crippen MR) is 70.3 cm³/mol. The molecule has 17 heavy (non-hydrogen) atoms. The van der Waals surface area contributed by atoms with E-state index >= 15 is 0 Å². The summed E-state index contributed by atoms with van der Waals surface area (Å²) in [5, 5.41) is 10.3. The maximum Gasteiger partial charge on any atom is 0.195 e. The summed E-state index contributed by atoms with van der Waals surface area (Å²) >= 11 is 1.54. The number of nitrogens with zero attached hydrogens (tertiary/aromatic N) is 1. The Morgan fingerprint density at radius 3 is 2.59 bits per heavy atom. The summed E-state index contributed by atoms with van der Waals surface area (Å²) in [7, 11) is 0. The van der Waals surface area contributed by atoms with E-state index in [1.807, 2.05) is 24.3 Å². The molecule has 80 valence electrons. The Balaban J connectivity index is 2.56. The lowest BCUT2D eigenvalue weighted by Crippen LogP contribution is -2.00. The van der Waals surface area contributed by atoms with E-state index < -0.39 is 0 Å². The molecule has 0 atom stereocenters. The molecular weight excluding hydrogens is 230 g/mol. The highest BCUT2D eigenvalue weighted by Crippen LogP contribution is 2.24. The largest absolute Gasteiger partial charge is 0.289 e. The normalized spacial score (nSPS) is 10.5. The Labute approximate surface area is 101 Å². The van der Waals surface area contributed by atoms with Crippen molar-refractivity contribution in [1.29, 1.82) is 5.26 Å². The fourth-order valence-electron chi connectivity index (χ4n) is 1.87. The Bertz CT molecular complexity index is 827. The molecule has 0 spiro atoms. The van der Waals surface area contributed by atoms with Crippen molar-refractivity contribution >= 4 is 31.5 Å². The molecule has 0 N–H and O–H groups in total. The van der Waals surface area contributed by atoms with Crippen molar-refractivity contribution < 1.29 is 0 Å². The van der Waals surface area contributed by atoms with Crippen LogP contribution >= 0.6 is 11.3 Å². The van der Waals surface area contributed by atoms with Crippen LogP contribution in [0.5, 0.6) is 0 Å². The number of hydrogen-bond donors (Lipinski definition) is 0. The predicted octanol–water partition coefficient (Wildman–Crippen LogP) is 3.29. The van der Waals surface area contributed by atoms with E-state index in [1.165, 1.54) is 0 Å². The Kier molecular flexibility index (Phi) is 2.17. The monoisotopic (exact) mass is 237 g/mol. The van der Waals surface area contributed by atoms with Crippen LogP contribution in [0.3, 0.4) is 0 Å². The lowest BCUT2D eigenvalue weighted by Gasteiger charge is -2.00. The SMILES string of the molecule is N#Cc1ccc2c(=O)c3ccccc3sc2c1. The highest BCUT2D eigenvalue weighted by molar-refractivity contribution is 7.24. The third kappa shape index (κ3) is 1.50. The minimum absolute atomic E-state index is 0.0406. The Hall–Kier alpha value is -2.18. The summed E-state index contributed by atoms with van der Waals surface area (Å²) in [6.45, 7) is 0. The van der Waals surface area contributed by atoms with Crippen LogP contribution in [-0.4, -0.2) is 0 Å². The van der Waals surface area contributed by atoms with Crippen LogP contribution in [0.15, 0.2) is 47.3 Å². The van der Waals surface area contributed by atoms with Crippen molar-refractivity contribution in [3.05, 3.63) is 58.3 Å². The summed E-state index contributed by atoms with van der Waals surface area (Å²) in [4.78, 5) is 12.2. The molecule has 0 bridgehead atoms. The first-order chi connectivity index (χ1) is 8.29. The van der Waals surface area contributed by atoms with E-state index in [2.05, 4.69) is 6.07 Å². The van der Waals surface area contributed by atoms with Gasteiger partial charge >= 0.3 is 0 Å². The second kappa shape index (κ2) is 3.69. The molecule has 0 unspecified atom stereocenters. The number of benzene rings is 2. The van der Waals surface area contributed by atoms with Gasteiger partial charge in [0.1, 0.15) is 0 Å². The molecule has 1 aromatic heterocycles. The average molecular weight is 237 g/mol. The van der Waals surface area contributed by atoms with Crippen LogP contribution in [0, 0.1) is 11.3 Å². The zero-order valence-corrected chi connectivity index (χ0v) is 9.62. The minimum atomic E-state index is 0.0406. The molecule has 0 saturated heterocycles. The third-order valence-electron chi connectivity index (χ3n) is 2.71. The molecule has 0 saturated carbocycles. The molecule has 0 fully saturated rings. The van der Waals surface area contributed by atoms with Gasteiger partial charge in [-0.05, 0) is 30.3 Å². The molecule has 3 heteroatoms. The molecule has 2 nitrogen and oxygen atoms in total. The van der Waals surface area contributed by atoms with Crippen LogP contribution in [0.4, 0.5) is 0 Å². The Morgan fingerprint density at radius 1 is 1.00 bits per heavy atom. The molecule has 0 radical (unpaired) electrons. The van der Waals surface area contributed by atoms with Gasteiger partial charge in [-0.25, -0.2) is 0 Å². The first-order valence-corrected chi connectivity index (χ1v) is 5.97. The molecule has 0 aliphatic rings. The van der Waals surface area contributed by atoms with E-state index in [4.69, 9.17) is 5.26 Å². The van der Waals surface area contributed by atoms with Gasteiger partial charge < -0.3 is 0 Å². The van der Waals surface area contributed by atoms with Crippen molar-refractivity contribution in [3.63, 3.8) is 0 Å². The molecule has 0 amide bonds. The van der Waals surface area contributed by atoms with Gasteiger partial charge in [0.05, 0.1) is 11.6 Å². The number of nitriles is 1. The highest BCUT2D eigenvalue weighted by Gasteiger charge is 2.05. The van der Waals surface area contributed by atoms with Crippen LogP contribution in [0.25, 0.3) is 20.2 Å². The Morgan fingerprint density at radius 2 is 1.76 bits per heavy atom. The molecule has 2 aromatic carbocycles. The summed E-state index contributed by atoms with van der Waals surface area (Å²) < 4.78 is 1.83. The smallest absolute Gasteiger partial charge is 0.195 e. The molecule has 0 aliphatic carbocycles. The van der Waals surface area contributed by atoms with Gasteiger partial charge in [-0.1, -0.05) is 12.1 Å². The molecule has 3 rings (SSSR count). The van der Waals surface area contributed by atoms with E-state index in [1.54, 1.807) is 29.5 Å². The molecule has 0 aliphatic heterocycles. The van der Waals surface area contributed by atoms with Gasteiger partial charge in [-0.3, -0.25) is 4.79 Å². The lowest BCUT2D eigenvalue weighted by atomic mass is 10.1. The van der Waals surface area contributed by atoms with Gasteiger partial charge in [-0.2, -0.15) is 5.26 Å². The fourth-order valence-corrected chi connectivity index (χ4v) is 2.98. The van der Waals surface area contributed by atoms with Crippen molar-refractivity contribution in [2.24, 2.45) is 0 Å². The van der Waals surface area contributed by atoms with Gasteiger partial charge in [-0.15, -0.1) is 11.3 Å². The van der Waals surface area contributed by atoms with Crippen LogP contribution in [-0.2, 0) is 0 Å². The molecular formula is C14H7NOS. The first-order valence-electron chi connectivity index (χ1n) is 5.15. The summed E-state index contributed by atoms with van der Waals surface area (Å²) in [6, 6.07) is 14.8. The lowest BCUT2D eigenvalue weighted by molar-refractivity contribution is 1.50. The quantitative estimate of drug-likeness (QED) is 0.563. The number of rotatable bonds is 0. The van der Waals surface area contributed by atoms with Crippen molar-refractivity contribution in [2.45, 2.75) is 0 Å². The zero-order valence-electron chi connectivity index (χ0n) is 8.81. The van der Waals surface area contributed by atoms with Crippen molar-refractivity contribution in [3.8, 4) is 6.07 Å². The van der Waals surface area contributed by atoms with Crippen molar-refractivity contribution in [1.82, 2.24) is 0 Å². The second-order valence-electron chi connectivity index (χ2n) is 3.75. The van der Waals surface area contributed by atoms with Gasteiger partial charge in [0.15, 0.2) is 5.43 Å². The fraction of sp³-hybridized carbons (Fsp3) is 0. The molecule has 3 aromatic rings. The van der Waals surface area contributed by atoms with E-state index in [9.17, 15) is 4.79 Å². The van der Waals surface area contributed by atoms with E-state index in [0.717, 1.165) is 14.8 Å². The maximum atomic E-state index is 12.2. The van der Waals surface area contributed by atoms with Gasteiger partial charge in [0.25, 0.3) is 0 Å². The minimum Gasteiger partial charge on any atom is -0.289 e. The summed E-state index contributed by atoms with van der Waals surface area (Å²) in [6.07, 6.45) is 0. The third-order valence-corrected chi connectivity index (χ3v) is 3.84. The number of fused-ring (bicyclic) bond motifs is 2. The van der Waals surface area contributed by atoms with Crippen LogP contribution in [0.1, 0.15) is 5.56 Å². The van der Waals surface area contributed by atoms with E-state index in [-0.39, 0.29) is 5.43 Å². The second-order valence-corrected chi connectivity index (χ2v) is 4.83. The first kappa shape index (κ1) is 10.0.